The van der Waals surface area contributed by atoms with Crippen molar-refractivity contribution in [2.75, 3.05) is 0 Å². The van der Waals surface area contributed by atoms with Gasteiger partial charge in [-0.3, -0.25) is 9.48 Å². The number of nitrogens with zero attached hydrogens (tertiary/aromatic N) is 3. The van der Waals surface area contributed by atoms with Crippen molar-refractivity contribution in [2.24, 2.45) is 7.05 Å². The molecule has 0 bridgehead atoms. The standard InChI is InChI=1S/C16H15N3O2/c1-10-15(11(2)19(3)18-10)21-16-13(9-20)8-12-6-4-5-7-14(12)17-16/h4-9H,1-3H3. The van der Waals surface area contributed by atoms with E-state index in [4.69, 9.17) is 4.74 Å². The minimum Gasteiger partial charge on any atom is -0.434 e. The Kier molecular flexibility index (Phi) is 3.17. The Labute approximate surface area is 122 Å². The molecule has 0 N–H and O–H groups in total. The van der Waals surface area contributed by atoms with Crippen LogP contribution in [0.4, 0.5) is 0 Å². The topological polar surface area (TPSA) is 57.0 Å². The molecule has 0 aliphatic rings. The average Bonchev–Trinajstić information content (AvgIpc) is 2.73. The number of carbonyl (C=O) groups is 1. The van der Waals surface area contributed by atoms with Crippen LogP contribution in [-0.2, 0) is 7.05 Å². The fourth-order valence-electron chi connectivity index (χ4n) is 2.28. The molecular weight excluding hydrogens is 266 g/mol. The number of fused-ring (bicyclic) bond motifs is 1. The molecule has 5 nitrogen and oxygen atoms in total. The fraction of sp³-hybridized carbons (Fsp3) is 0.188. The number of benzene rings is 1. The van der Waals surface area contributed by atoms with E-state index in [-0.39, 0.29) is 0 Å². The van der Waals surface area contributed by atoms with Gasteiger partial charge in [0.2, 0.25) is 5.88 Å². The van der Waals surface area contributed by atoms with Gasteiger partial charge in [-0.2, -0.15) is 5.10 Å². The summed E-state index contributed by atoms with van der Waals surface area (Å²) in [6.07, 6.45) is 0.760. The average molecular weight is 281 g/mol. The van der Waals surface area contributed by atoms with Gasteiger partial charge in [-0.25, -0.2) is 4.98 Å². The Morgan fingerprint density at radius 1 is 1.24 bits per heavy atom. The Morgan fingerprint density at radius 3 is 2.67 bits per heavy atom. The van der Waals surface area contributed by atoms with Crippen LogP contribution in [0.3, 0.4) is 0 Å². The van der Waals surface area contributed by atoms with E-state index in [1.54, 1.807) is 10.7 Å². The quantitative estimate of drug-likeness (QED) is 0.692. The van der Waals surface area contributed by atoms with E-state index < -0.39 is 0 Å². The van der Waals surface area contributed by atoms with E-state index >= 15 is 0 Å². The van der Waals surface area contributed by atoms with Gasteiger partial charge in [0.05, 0.1) is 16.8 Å². The van der Waals surface area contributed by atoms with Gasteiger partial charge in [-0.15, -0.1) is 0 Å². The third-order valence-electron chi connectivity index (χ3n) is 3.49. The van der Waals surface area contributed by atoms with Crippen molar-refractivity contribution in [3.63, 3.8) is 0 Å². The molecule has 0 radical (unpaired) electrons. The van der Waals surface area contributed by atoms with Crippen molar-refractivity contribution in [2.45, 2.75) is 13.8 Å². The highest BCUT2D eigenvalue weighted by molar-refractivity contribution is 5.88. The summed E-state index contributed by atoms with van der Waals surface area (Å²) in [4.78, 5) is 15.7. The van der Waals surface area contributed by atoms with Crippen LogP contribution in [0.25, 0.3) is 10.9 Å². The molecule has 0 spiro atoms. The highest BCUT2D eigenvalue weighted by atomic mass is 16.5. The Hall–Kier alpha value is -2.69. The molecule has 3 aromatic rings. The predicted molar refractivity (Wildman–Crippen MR) is 79.9 cm³/mol. The number of rotatable bonds is 3. The molecule has 2 aromatic heterocycles. The SMILES string of the molecule is Cc1nn(C)c(C)c1Oc1nc2ccccc2cc1C=O. The number of carbonyl (C=O) groups excluding carboxylic acids is 1. The Bertz CT molecular complexity index is 837. The van der Waals surface area contributed by atoms with Gasteiger partial charge < -0.3 is 4.74 Å². The monoisotopic (exact) mass is 281 g/mol. The first kappa shape index (κ1) is 13.3. The zero-order valence-electron chi connectivity index (χ0n) is 12.1. The maximum absolute atomic E-state index is 11.3. The van der Waals surface area contributed by atoms with Crippen LogP contribution in [0.1, 0.15) is 21.7 Å². The smallest absolute Gasteiger partial charge is 0.230 e. The zero-order chi connectivity index (χ0) is 15.0. The second-order valence-electron chi connectivity index (χ2n) is 4.92. The van der Waals surface area contributed by atoms with Crippen molar-refractivity contribution in [1.29, 1.82) is 0 Å². The number of ether oxygens (including phenoxy) is 1. The van der Waals surface area contributed by atoms with Crippen LogP contribution in [0, 0.1) is 13.8 Å². The van der Waals surface area contributed by atoms with Crippen LogP contribution >= 0.6 is 0 Å². The number of para-hydroxylation sites is 1. The summed E-state index contributed by atoms with van der Waals surface area (Å²) in [6, 6.07) is 9.40. The maximum Gasteiger partial charge on any atom is 0.230 e. The molecule has 106 valence electrons. The van der Waals surface area contributed by atoms with E-state index in [1.807, 2.05) is 45.2 Å². The molecule has 1 aromatic carbocycles. The number of aryl methyl sites for hydroxylation is 2. The first-order valence-electron chi connectivity index (χ1n) is 6.63. The summed E-state index contributed by atoms with van der Waals surface area (Å²) in [6.45, 7) is 3.78. The minimum atomic E-state index is 0.308. The molecular formula is C16H15N3O2. The first-order valence-corrected chi connectivity index (χ1v) is 6.63. The number of aldehydes is 1. The maximum atomic E-state index is 11.3. The van der Waals surface area contributed by atoms with Crippen LogP contribution in [-0.4, -0.2) is 21.1 Å². The molecule has 0 unspecified atom stereocenters. The second-order valence-corrected chi connectivity index (χ2v) is 4.92. The van der Waals surface area contributed by atoms with Crippen LogP contribution in [0.2, 0.25) is 0 Å². The van der Waals surface area contributed by atoms with Crippen molar-refractivity contribution in [1.82, 2.24) is 14.8 Å². The summed E-state index contributed by atoms with van der Waals surface area (Å²) in [5, 5.41) is 5.21. The normalized spacial score (nSPS) is 10.8. The van der Waals surface area contributed by atoms with Crippen molar-refractivity contribution >= 4 is 17.2 Å². The largest absolute Gasteiger partial charge is 0.434 e. The number of hydrogen-bond donors (Lipinski definition) is 0. The highest BCUT2D eigenvalue weighted by Gasteiger charge is 2.15. The molecule has 0 aliphatic heterocycles. The highest BCUT2D eigenvalue weighted by Crippen LogP contribution is 2.30. The molecule has 5 heteroatoms. The van der Waals surface area contributed by atoms with Gasteiger partial charge >= 0.3 is 0 Å². The van der Waals surface area contributed by atoms with E-state index in [0.717, 1.165) is 28.6 Å². The number of pyridine rings is 1. The van der Waals surface area contributed by atoms with E-state index in [1.165, 1.54) is 0 Å². The summed E-state index contributed by atoms with van der Waals surface area (Å²) >= 11 is 0. The van der Waals surface area contributed by atoms with Crippen LogP contribution < -0.4 is 4.74 Å². The molecule has 3 rings (SSSR count). The van der Waals surface area contributed by atoms with E-state index in [9.17, 15) is 4.79 Å². The van der Waals surface area contributed by atoms with Gasteiger partial charge in [0.25, 0.3) is 0 Å². The van der Waals surface area contributed by atoms with Crippen molar-refractivity contribution < 1.29 is 9.53 Å². The van der Waals surface area contributed by atoms with Gasteiger partial charge in [0.1, 0.15) is 5.69 Å². The predicted octanol–water partition coefficient (Wildman–Crippen LogP) is 3.19. The summed E-state index contributed by atoms with van der Waals surface area (Å²) in [5.74, 6) is 0.950. The van der Waals surface area contributed by atoms with E-state index in [0.29, 0.717) is 17.2 Å². The third-order valence-corrected chi connectivity index (χ3v) is 3.49. The van der Waals surface area contributed by atoms with Gasteiger partial charge in [-0.1, -0.05) is 18.2 Å². The molecule has 21 heavy (non-hydrogen) atoms. The van der Waals surface area contributed by atoms with Crippen LogP contribution in [0.5, 0.6) is 11.6 Å². The van der Waals surface area contributed by atoms with Gasteiger partial charge in [-0.05, 0) is 26.0 Å². The summed E-state index contributed by atoms with van der Waals surface area (Å²) < 4.78 is 7.61. The lowest BCUT2D eigenvalue weighted by molar-refractivity contribution is 0.112. The minimum absolute atomic E-state index is 0.308. The fourth-order valence-corrected chi connectivity index (χ4v) is 2.28. The third kappa shape index (κ3) is 2.27. The lowest BCUT2D eigenvalue weighted by Gasteiger charge is -2.08. The molecule has 0 fully saturated rings. The Balaban J connectivity index is 2.13. The molecule has 0 aliphatic carbocycles. The molecule has 2 heterocycles. The second kappa shape index (κ2) is 5.01. The molecule has 0 amide bonds. The number of aromatic nitrogens is 3. The molecule has 0 atom stereocenters. The molecule has 0 saturated carbocycles. The zero-order valence-corrected chi connectivity index (χ0v) is 12.1. The number of hydrogen-bond acceptors (Lipinski definition) is 4. The Morgan fingerprint density at radius 2 is 2.00 bits per heavy atom. The lowest BCUT2D eigenvalue weighted by Crippen LogP contribution is -1.97. The van der Waals surface area contributed by atoms with Crippen LogP contribution in [0.15, 0.2) is 30.3 Å². The van der Waals surface area contributed by atoms with Gasteiger partial charge in [0.15, 0.2) is 12.0 Å². The van der Waals surface area contributed by atoms with Crippen molar-refractivity contribution in [3.8, 4) is 11.6 Å². The lowest BCUT2D eigenvalue weighted by atomic mass is 10.1. The first-order chi connectivity index (χ1) is 10.1. The van der Waals surface area contributed by atoms with Crippen molar-refractivity contribution in [3.05, 3.63) is 47.3 Å². The summed E-state index contributed by atoms with van der Waals surface area (Å²) in [7, 11) is 1.85. The molecule has 0 saturated heterocycles. The summed E-state index contributed by atoms with van der Waals surface area (Å²) in [5.41, 5.74) is 2.87. The van der Waals surface area contributed by atoms with E-state index in [2.05, 4.69) is 10.1 Å². The van der Waals surface area contributed by atoms with Gasteiger partial charge in [0, 0.05) is 12.4 Å².